The van der Waals surface area contributed by atoms with E-state index in [-0.39, 0.29) is 6.42 Å². The zero-order valence-electron chi connectivity index (χ0n) is 14.4. The Morgan fingerprint density at radius 1 is 0.826 bits per heavy atom. The average Bonchev–Trinajstić information content (AvgIpc) is 2.52. The first-order chi connectivity index (χ1) is 11.2. The zero-order valence-corrected chi connectivity index (χ0v) is 14.4. The number of hydrogen-bond acceptors (Lipinski definition) is 2. The van der Waals surface area contributed by atoms with Crippen LogP contribution in [0, 0.1) is 0 Å². The number of aliphatic hydroxyl groups excluding tert-OH is 1. The molecule has 0 amide bonds. The van der Waals surface area contributed by atoms with E-state index < -0.39 is 5.97 Å². The largest absolute Gasteiger partial charge is 0.512 e. The molecule has 3 heteroatoms. The molecular formula is C20H32O3. The lowest BCUT2D eigenvalue weighted by molar-refractivity contribution is -0.137. The third kappa shape index (κ3) is 18.2. The Bertz CT molecular complexity index is 403. The van der Waals surface area contributed by atoms with Gasteiger partial charge in [0.15, 0.2) is 0 Å². The summed E-state index contributed by atoms with van der Waals surface area (Å²) in [6.45, 7) is 2.19. The van der Waals surface area contributed by atoms with Crippen molar-refractivity contribution in [3.05, 3.63) is 48.3 Å². The minimum atomic E-state index is -0.734. The minimum Gasteiger partial charge on any atom is -0.512 e. The number of allylic oxidation sites excluding steroid dienone is 8. The van der Waals surface area contributed by atoms with Crippen molar-refractivity contribution in [2.24, 2.45) is 0 Å². The van der Waals surface area contributed by atoms with Crippen molar-refractivity contribution in [3.63, 3.8) is 0 Å². The maximum atomic E-state index is 10.3. The molecule has 23 heavy (non-hydrogen) atoms. The Balaban J connectivity index is 3.60. The van der Waals surface area contributed by atoms with E-state index in [4.69, 9.17) is 5.11 Å². The molecule has 0 aromatic carbocycles. The minimum absolute atomic E-state index is 0.235. The molecule has 0 aromatic heterocycles. The lowest BCUT2D eigenvalue weighted by Crippen LogP contribution is -1.92. The Kier molecular flexibility index (Phi) is 15.3. The first-order valence-corrected chi connectivity index (χ1v) is 8.73. The fraction of sp³-hybridized carbons (Fsp3) is 0.550. The number of carbonyl (C=O) groups is 1. The van der Waals surface area contributed by atoms with Crippen molar-refractivity contribution < 1.29 is 15.0 Å². The predicted octanol–water partition coefficient (Wildman–Crippen LogP) is 6.10. The van der Waals surface area contributed by atoms with Gasteiger partial charge in [0.25, 0.3) is 0 Å². The highest BCUT2D eigenvalue weighted by Gasteiger charge is 1.92. The molecule has 2 N–H and O–H groups in total. The number of unbranched alkanes of at least 4 members (excludes halogenated alkanes) is 4. The molecule has 0 unspecified atom stereocenters. The number of carboxylic acids is 1. The highest BCUT2D eigenvalue weighted by Crippen LogP contribution is 2.05. The van der Waals surface area contributed by atoms with Crippen molar-refractivity contribution in [1.29, 1.82) is 0 Å². The van der Waals surface area contributed by atoms with Crippen LogP contribution >= 0.6 is 0 Å². The molecule has 0 saturated carbocycles. The van der Waals surface area contributed by atoms with Gasteiger partial charge < -0.3 is 10.2 Å². The van der Waals surface area contributed by atoms with Crippen LogP contribution in [0.4, 0.5) is 0 Å². The van der Waals surface area contributed by atoms with E-state index in [1.54, 1.807) is 6.08 Å². The van der Waals surface area contributed by atoms with Crippen molar-refractivity contribution in [1.82, 2.24) is 0 Å². The highest BCUT2D eigenvalue weighted by molar-refractivity contribution is 5.66. The molecule has 130 valence electrons. The maximum Gasteiger partial charge on any atom is 0.303 e. The lowest BCUT2D eigenvalue weighted by atomic mass is 10.2. The third-order valence-electron chi connectivity index (χ3n) is 3.33. The Morgan fingerprint density at radius 3 is 2.22 bits per heavy atom. The predicted molar refractivity (Wildman–Crippen MR) is 97.6 cm³/mol. The monoisotopic (exact) mass is 320 g/mol. The Labute approximate surface area is 141 Å². The van der Waals surface area contributed by atoms with Gasteiger partial charge >= 0.3 is 5.97 Å². The van der Waals surface area contributed by atoms with E-state index in [0.29, 0.717) is 18.6 Å². The number of rotatable bonds is 14. The van der Waals surface area contributed by atoms with Gasteiger partial charge in [-0.25, -0.2) is 0 Å². The van der Waals surface area contributed by atoms with Gasteiger partial charge in [-0.3, -0.25) is 4.79 Å². The van der Waals surface area contributed by atoms with E-state index in [9.17, 15) is 9.90 Å². The summed E-state index contributed by atoms with van der Waals surface area (Å²) in [5.41, 5.74) is 0. The molecule has 0 aliphatic rings. The van der Waals surface area contributed by atoms with Gasteiger partial charge in [-0.1, -0.05) is 56.2 Å². The second-order valence-electron chi connectivity index (χ2n) is 5.59. The molecule has 0 radical (unpaired) electrons. The van der Waals surface area contributed by atoms with E-state index in [2.05, 4.69) is 25.2 Å². The fourth-order valence-corrected chi connectivity index (χ4v) is 1.98. The molecule has 0 aliphatic carbocycles. The van der Waals surface area contributed by atoms with Gasteiger partial charge in [0.1, 0.15) is 0 Å². The van der Waals surface area contributed by atoms with Crippen LogP contribution in [-0.4, -0.2) is 16.2 Å². The first-order valence-electron chi connectivity index (χ1n) is 8.73. The van der Waals surface area contributed by atoms with Crippen LogP contribution in [0.25, 0.3) is 0 Å². The summed E-state index contributed by atoms with van der Waals surface area (Å²) in [7, 11) is 0. The first kappa shape index (κ1) is 21.2. The summed E-state index contributed by atoms with van der Waals surface area (Å²) >= 11 is 0. The lowest BCUT2D eigenvalue weighted by Gasteiger charge is -1.95. The van der Waals surface area contributed by atoms with Crippen molar-refractivity contribution in [3.8, 4) is 0 Å². The molecule has 0 saturated heterocycles. The highest BCUT2D eigenvalue weighted by atomic mass is 16.4. The van der Waals surface area contributed by atoms with Crippen LogP contribution in [0.1, 0.15) is 71.1 Å². The normalized spacial score (nSPS) is 12.8. The smallest absolute Gasteiger partial charge is 0.303 e. The standard InChI is InChI=1S/C20H32O3/c1-2-3-4-5-10-13-16-19(21)17-14-11-8-6-7-9-12-15-18-20(22)23/h7-11,13,16,21H,2-6,12,14-15,17-18H2,1H3,(H,22,23)/b9-7-,11-8-,13-10-,19-16-. The average molecular weight is 320 g/mol. The summed E-state index contributed by atoms with van der Waals surface area (Å²) < 4.78 is 0. The second kappa shape index (κ2) is 16.6. The molecule has 0 fully saturated rings. The topological polar surface area (TPSA) is 57.5 Å². The van der Waals surface area contributed by atoms with Crippen LogP contribution in [0.5, 0.6) is 0 Å². The molecule has 0 aliphatic heterocycles. The van der Waals surface area contributed by atoms with Crippen LogP contribution in [0.3, 0.4) is 0 Å². The van der Waals surface area contributed by atoms with E-state index in [1.165, 1.54) is 19.3 Å². The van der Waals surface area contributed by atoms with Gasteiger partial charge in [-0.2, -0.15) is 0 Å². The van der Waals surface area contributed by atoms with Gasteiger partial charge in [0.05, 0.1) is 5.76 Å². The molecular weight excluding hydrogens is 288 g/mol. The van der Waals surface area contributed by atoms with E-state index in [1.807, 2.05) is 18.2 Å². The van der Waals surface area contributed by atoms with Gasteiger partial charge in [-0.05, 0) is 44.6 Å². The molecule has 0 rings (SSSR count). The summed E-state index contributed by atoms with van der Waals surface area (Å²) in [5, 5.41) is 18.2. The number of hydrogen-bond donors (Lipinski definition) is 2. The van der Waals surface area contributed by atoms with Crippen LogP contribution < -0.4 is 0 Å². The van der Waals surface area contributed by atoms with Gasteiger partial charge in [-0.15, -0.1) is 0 Å². The Morgan fingerprint density at radius 2 is 1.52 bits per heavy atom. The van der Waals surface area contributed by atoms with Crippen LogP contribution in [0.15, 0.2) is 48.3 Å². The van der Waals surface area contributed by atoms with Crippen molar-refractivity contribution in [2.45, 2.75) is 71.1 Å². The molecule has 3 nitrogen and oxygen atoms in total. The van der Waals surface area contributed by atoms with Crippen molar-refractivity contribution >= 4 is 5.97 Å². The number of aliphatic hydroxyl groups is 1. The van der Waals surface area contributed by atoms with Gasteiger partial charge in [0.2, 0.25) is 0 Å². The molecule has 0 atom stereocenters. The van der Waals surface area contributed by atoms with E-state index in [0.717, 1.165) is 25.7 Å². The molecule has 0 aromatic rings. The van der Waals surface area contributed by atoms with Crippen molar-refractivity contribution in [2.75, 3.05) is 0 Å². The fourth-order valence-electron chi connectivity index (χ4n) is 1.98. The summed E-state index contributed by atoms with van der Waals surface area (Å²) in [6.07, 6.45) is 22.9. The van der Waals surface area contributed by atoms with Gasteiger partial charge in [0, 0.05) is 12.8 Å². The summed E-state index contributed by atoms with van der Waals surface area (Å²) in [5.74, 6) is -0.312. The number of aliphatic carboxylic acids is 1. The Hall–Kier alpha value is -1.77. The molecule has 0 bridgehead atoms. The second-order valence-corrected chi connectivity index (χ2v) is 5.59. The van der Waals surface area contributed by atoms with Crippen LogP contribution in [0.2, 0.25) is 0 Å². The summed E-state index contributed by atoms with van der Waals surface area (Å²) in [4.78, 5) is 10.3. The zero-order chi connectivity index (χ0) is 17.2. The molecule has 0 spiro atoms. The third-order valence-corrected chi connectivity index (χ3v) is 3.33. The quantitative estimate of drug-likeness (QED) is 0.176. The van der Waals surface area contributed by atoms with E-state index >= 15 is 0 Å². The maximum absolute atomic E-state index is 10.3. The summed E-state index contributed by atoms with van der Waals surface area (Å²) in [6, 6.07) is 0. The van der Waals surface area contributed by atoms with Crippen LogP contribution in [-0.2, 0) is 4.79 Å². The SMILES string of the molecule is CCCCC/C=C\C=C(/O)CC/C=C\C/C=C\CCCC(=O)O. The number of carboxylic acid groups (broad SMARTS) is 1. The molecule has 0 heterocycles.